The van der Waals surface area contributed by atoms with Gasteiger partial charge in [0.15, 0.2) is 0 Å². The predicted molar refractivity (Wildman–Crippen MR) is 265 cm³/mol. The van der Waals surface area contributed by atoms with E-state index >= 15 is 0 Å². The molecule has 0 aromatic rings. The monoisotopic (exact) mass is 977 g/mol. The quantitative estimate of drug-likeness (QED) is 0.0265. The number of nitrogens with zero attached hydrogens (tertiary/aromatic N) is 2. The van der Waals surface area contributed by atoms with E-state index in [1.54, 1.807) is 6.92 Å². The first kappa shape index (κ1) is 72.2. The fourth-order valence-electron chi connectivity index (χ4n) is 7.71. The maximum Gasteiger partial charge on any atom is 1.00 e. The molecule has 0 amide bonds. The van der Waals surface area contributed by atoms with Crippen molar-refractivity contribution in [2.45, 2.75) is 230 Å². The second-order valence-electron chi connectivity index (χ2n) is 19.0. The molecule has 0 fully saturated rings. The van der Waals surface area contributed by atoms with Crippen molar-refractivity contribution in [3.63, 3.8) is 0 Å². The summed E-state index contributed by atoms with van der Waals surface area (Å²) in [5.41, 5.74) is 0.233. The van der Waals surface area contributed by atoms with Crippen LogP contribution in [0.1, 0.15) is 218 Å². The van der Waals surface area contributed by atoms with E-state index in [2.05, 4.69) is 68.7 Å². The molecule has 0 aromatic carbocycles. The third-order valence-corrected chi connectivity index (χ3v) is 14.3. The first-order valence-electron chi connectivity index (χ1n) is 25.7. The Morgan fingerprint density at radius 3 is 1.27 bits per heavy atom. The molecule has 0 saturated carbocycles. The van der Waals surface area contributed by atoms with Crippen LogP contribution in [0, 0.1) is 0 Å². The van der Waals surface area contributed by atoms with Crippen LogP contribution in [-0.4, -0.2) is 102 Å². The normalized spacial score (nSPS) is 15.1. The Morgan fingerprint density at radius 1 is 0.636 bits per heavy atom. The van der Waals surface area contributed by atoms with Crippen LogP contribution in [0.25, 0.3) is 0 Å². The first-order valence-corrected chi connectivity index (χ1v) is 28.7. The summed E-state index contributed by atoms with van der Waals surface area (Å²) in [6.07, 6.45) is 24.3. The van der Waals surface area contributed by atoms with Crippen molar-refractivity contribution in [1.29, 1.82) is 0 Å². The van der Waals surface area contributed by atoms with E-state index in [-0.39, 0.29) is 25.3 Å². The molecule has 13 nitrogen and oxygen atoms in total. The van der Waals surface area contributed by atoms with Crippen LogP contribution < -0.4 is 33.8 Å². The van der Waals surface area contributed by atoms with Gasteiger partial charge in [-0.15, -0.1) is 0 Å². The van der Waals surface area contributed by atoms with E-state index < -0.39 is 59.4 Å². The summed E-state index contributed by atoms with van der Waals surface area (Å²) in [6.45, 7) is 35.8. The summed E-state index contributed by atoms with van der Waals surface area (Å²) in [6, 6.07) is 0. The van der Waals surface area contributed by atoms with E-state index in [0.29, 0.717) is 6.42 Å². The summed E-state index contributed by atoms with van der Waals surface area (Å²) in [7, 11) is -10.5. The van der Waals surface area contributed by atoms with Gasteiger partial charge in [0.2, 0.25) is 0 Å². The molecular weight excluding hydrogens is 873 g/mol. The van der Waals surface area contributed by atoms with E-state index in [1.165, 1.54) is 170 Å². The van der Waals surface area contributed by atoms with Crippen molar-refractivity contribution in [1.82, 2.24) is 0 Å². The van der Waals surface area contributed by atoms with Gasteiger partial charge in [-0.1, -0.05) is 130 Å². The zero-order chi connectivity index (χ0) is 50.3. The van der Waals surface area contributed by atoms with Crippen molar-refractivity contribution in [2.24, 2.45) is 0 Å². The summed E-state index contributed by atoms with van der Waals surface area (Å²) in [5.74, 6) is -1.52. The SMILES string of the molecule is CC(C)=CCC/C(C)=C/COP(=O)([O-])OP(=O)([O-])OCCC(O)CC(C)(O)CC(=O)[O-].CCCC[N+](CCCC)(CCCC)CCCC.CCCC[N+](CCCC)(CCCC)CCCC.[Li+]. The van der Waals surface area contributed by atoms with Crippen molar-refractivity contribution in [3.05, 3.63) is 23.3 Å². The van der Waals surface area contributed by atoms with Crippen molar-refractivity contribution in [3.8, 4) is 0 Å². The molecule has 0 spiro atoms. The number of rotatable bonds is 40. The molecule has 66 heavy (non-hydrogen) atoms. The Labute approximate surface area is 418 Å². The van der Waals surface area contributed by atoms with Crippen LogP contribution in [0.5, 0.6) is 0 Å². The van der Waals surface area contributed by atoms with Crippen LogP contribution >= 0.6 is 15.6 Å². The number of phosphoric ester groups is 2. The number of phosphoric acid groups is 2. The number of carbonyl (C=O) groups is 1. The second kappa shape index (κ2) is 43.4. The van der Waals surface area contributed by atoms with E-state index in [4.69, 9.17) is 0 Å². The average Bonchev–Trinajstić information content (AvgIpc) is 3.21. The van der Waals surface area contributed by atoms with Crippen molar-refractivity contribution >= 4 is 21.6 Å². The Balaban J connectivity index is -0.000000468. The number of hydrogen-bond donors (Lipinski definition) is 2. The zero-order valence-electron chi connectivity index (χ0n) is 45.0. The molecule has 4 atom stereocenters. The third-order valence-electron chi connectivity index (χ3n) is 11.7. The Hall–Kier alpha value is -0.353. The van der Waals surface area contributed by atoms with E-state index in [1.807, 2.05) is 19.9 Å². The maximum absolute atomic E-state index is 11.7. The number of unbranched alkanes of at least 4 members (excludes halogenated alkanes) is 8. The van der Waals surface area contributed by atoms with Gasteiger partial charge in [-0.25, -0.2) is 4.31 Å². The van der Waals surface area contributed by atoms with Gasteiger partial charge in [-0.2, -0.15) is 0 Å². The molecule has 16 heteroatoms. The molecule has 390 valence electrons. The van der Waals surface area contributed by atoms with Crippen LogP contribution in [0.4, 0.5) is 0 Å². The molecule has 0 heterocycles. The van der Waals surface area contributed by atoms with Gasteiger partial charge in [0, 0.05) is 18.8 Å². The summed E-state index contributed by atoms with van der Waals surface area (Å²) in [5, 5.41) is 30.1. The van der Waals surface area contributed by atoms with Crippen LogP contribution in [0.3, 0.4) is 0 Å². The molecule has 0 aromatic heterocycles. The Kier molecular flexibility index (Phi) is 47.5. The number of allylic oxidation sites excluding steroid dienone is 3. The van der Waals surface area contributed by atoms with Gasteiger partial charge < -0.3 is 47.9 Å². The molecule has 0 bridgehead atoms. The fourth-order valence-corrected chi connectivity index (χ4v) is 9.66. The second-order valence-corrected chi connectivity index (χ2v) is 21.9. The number of aliphatic hydroxyl groups excluding tert-OH is 1. The number of carbonyl (C=O) groups excluding carboxylic acids is 1. The topological polar surface area (TPSA) is 189 Å². The van der Waals surface area contributed by atoms with Gasteiger partial charge in [0.1, 0.15) is 0 Å². The molecule has 0 radical (unpaired) electrons. The summed E-state index contributed by atoms with van der Waals surface area (Å²) < 4.78 is 39.0. The average molecular weight is 977 g/mol. The van der Waals surface area contributed by atoms with Gasteiger partial charge >= 0.3 is 18.9 Å². The smallest absolute Gasteiger partial charge is 0.756 e. The Morgan fingerprint density at radius 2 is 0.970 bits per heavy atom. The number of hydrogen-bond acceptors (Lipinski definition) is 11. The molecule has 0 aliphatic rings. The van der Waals surface area contributed by atoms with Gasteiger partial charge in [-0.3, -0.25) is 9.13 Å². The van der Waals surface area contributed by atoms with Gasteiger partial charge in [-0.05, 0) is 98.3 Å². The largest absolute Gasteiger partial charge is 1.00 e. The van der Waals surface area contributed by atoms with Gasteiger partial charge in [0.05, 0.1) is 77.3 Å². The molecular formula is C50H103LiN2O11P2. The first-order chi connectivity index (χ1) is 30.5. The number of aliphatic carboxylic acids is 1. The molecule has 4 unspecified atom stereocenters. The number of quaternary nitrogens is 2. The fraction of sp³-hybridized carbons (Fsp3) is 0.900. The summed E-state index contributed by atoms with van der Waals surface area (Å²) >= 11 is 0. The third kappa shape index (κ3) is 43.7. The molecule has 0 aliphatic carbocycles. The predicted octanol–water partition coefficient (Wildman–Crippen LogP) is 7.71. The minimum atomic E-state index is -5.29. The number of carboxylic acids is 1. The molecule has 2 N–H and O–H groups in total. The Bertz CT molecular complexity index is 1200. The number of carboxylic acid groups (broad SMARTS) is 1. The van der Waals surface area contributed by atoms with Crippen molar-refractivity contribution in [2.75, 3.05) is 65.6 Å². The molecule has 0 rings (SSSR count). The van der Waals surface area contributed by atoms with Crippen LogP contribution in [0.2, 0.25) is 0 Å². The zero-order valence-corrected chi connectivity index (χ0v) is 46.8. The van der Waals surface area contributed by atoms with E-state index in [0.717, 1.165) is 24.5 Å². The minimum absolute atomic E-state index is 0. The molecule has 0 aliphatic heterocycles. The summed E-state index contributed by atoms with van der Waals surface area (Å²) in [4.78, 5) is 33.8. The maximum atomic E-state index is 11.7. The van der Waals surface area contributed by atoms with Crippen LogP contribution in [-0.2, 0) is 27.3 Å². The molecule has 0 saturated heterocycles. The standard InChI is InChI=1S/C18H34O11P2.2C16H36N.Li/c1-14(2)6-5-7-15(3)8-10-27-30(23,24)29-31(25,26)28-11-9-16(19)12-18(4,22)13-17(20)21;2*1-5-9-13-17(14-10-6-2,15-11-7-3)16-12-8-4;/h6,8,16,19,22H,5,7,9-13H2,1-4H3,(H,20,21)(H,23,24)(H,25,26);2*5-16H2,1-4H3;/q;3*+1/p-3/b15-8+;;;. The van der Waals surface area contributed by atoms with Gasteiger partial charge in [0.25, 0.3) is 15.6 Å². The number of aliphatic hydroxyl groups is 2. The van der Waals surface area contributed by atoms with Crippen molar-refractivity contribution < 1.29 is 80.2 Å². The minimum Gasteiger partial charge on any atom is -0.756 e. The van der Waals surface area contributed by atoms with Crippen LogP contribution in [0.15, 0.2) is 23.3 Å². The van der Waals surface area contributed by atoms with E-state index in [9.17, 15) is 39.0 Å².